The topological polar surface area (TPSA) is 78.1 Å². The molecule has 1 saturated heterocycles. The summed E-state index contributed by atoms with van der Waals surface area (Å²) in [5.41, 5.74) is 2.76. The minimum absolute atomic E-state index is 0.0115. The van der Waals surface area contributed by atoms with E-state index in [1.165, 1.54) is 0 Å². The summed E-state index contributed by atoms with van der Waals surface area (Å²) in [5, 5.41) is 3.44. The molecule has 1 aromatic heterocycles. The van der Waals surface area contributed by atoms with E-state index in [1.54, 1.807) is 17.0 Å². The van der Waals surface area contributed by atoms with Gasteiger partial charge < -0.3 is 15.2 Å². The highest BCUT2D eigenvalue weighted by Gasteiger charge is 2.31. The average Bonchev–Trinajstić information content (AvgIpc) is 3.23. The van der Waals surface area contributed by atoms with E-state index in [0.29, 0.717) is 23.8 Å². The summed E-state index contributed by atoms with van der Waals surface area (Å²) in [6.45, 7) is 0.906. The number of imidazole rings is 1. The molecule has 138 valence electrons. The maximum absolute atomic E-state index is 12.3. The van der Waals surface area contributed by atoms with Gasteiger partial charge in [-0.15, -0.1) is 0 Å². The van der Waals surface area contributed by atoms with Crippen LogP contribution in [0.15, 0.2) is 48.5 Å². The van der Waals surface area contributed by atoms with Crippen molar-refractivity contribution in [2.75, 3.05) is 13.1 Å². The first kappa shape index (κ1) is 17.5. The monoisotopic (exact) mass is 382 g/mol. The molecule has 2 N–H and O–H groups in total. The highest BCUT2D eigenvalue weighted by atomic mass is 35.5. The van der Waals surface area contributed by atoms with E-state index < -0.39 is 0 Å². The van der Waals surface area contributed by atoms with Gasteiger partial charge in [-0.05, 0) is 23.8 Å². The molecule has 1 atom stereocenters. The van der Waals surface area contributed by atoms with Crippen LogP contribution in [0.4, 0.5) is 0 Å². The molecule has 2 amide bonds. The minimum atomic E-state index is -0.199. The number of fused-ring (bicyclic) bond motifs is 1. The van der Waals surface area contributed by atoms with Crippen molar-refractivity contribution in [3.8, 4) is 0 Å². The smallest absolute Gasteiger partial charge is 0.239 e. The number of carbonyl (C=O) groups excluding carboxylic acids is 2. The Morgan fingerprint density at radius 1 is 1.26 bits per heavy atom. The van der Waals surface area contributed by atoms with Gasteiger partial charge in [0.25, 0.3) is 0 Å². The second-order valence-electron chi connectivity index (χ2n) is 6.71. The third kappa shape index (κ3) is 3.95. The Morgan fingerprint density at radius 3 is 2.89 bits per heavy atom. The Kier molecular flexibility index (Phi) is 4.81. The van der Waals surface area contributed by atoms with Crippen molar-refractivity contribution in [3.63, 3.8) is 0 Å². The van der Waals surface area contributed by atoms with E-state index >= 15 is 0 Å². The van der Waals surface area contributed by atoms with Gasteiger partial charge in [0.05, 0.1) is 24.1 Å². The average molecular weight is 383 g/mol. The first-order chi connectivity index (χ1) is 13.1. The van der Waals surface area contributed by atoms with Gasteiger partial charge in [-0.1, -0.05) is 41.9 Å². The molecule has 3 aromatic rings. The molecule has 0 spiro atoms. The van der Waals surface area contributed by atoms with Crippen LogP contribution in [0.1, 0.15) is 23.7 Å². The fraction of sp³-hybridized carbons (Fsp3) is 0.250. The van der Waals surface area contributed by atoms with E-state index in [4.69, 9.17) is 11.6 Å². The lowest BCUT2D eigenvalue weighted by molar-refractivity contribution is -0.133. The Hall–Kier alpha value is -2.86. The SMILES string of the molecule is O=C(CN1C[C@H](c2ccccc2)CC1=O)NCc1nc2ccc(Cl)cc2[nH]1. The van der Waals surface area contributed by atoms with Crippen molar-refractivity contribution < 1.29 is 9.59 Å². The number of aromatic nitrogens is 2. The van der Waals surface area contributed by atoms with Crippen LogP contribution in [0.2, 0.25) is 5.02 Å². The number of nitrogens with one attached hydrogen (secondary N) is 2. The van der Waals surface area contributed by atoms with E-state index in [-0.39, 0.29) is 30.8 Å². The minimum Gasteiger partial charge on any atom is -0.347 e. The van der Waals surface area contributed by atoms with Crippen molar-refractivity contribution in [2.45, 2.75) is 18.9 Å². The zero-order chi connectivity index (χ0) is 18.8. The molecule has 6 nitrogen and oxygen atoms in total. The highest BCUT2D eigenvalue weighted by molar-refractivity contribution is 6.31. The fourth-order valence-corrected chi connectivity index (χ4v) is 3.58. The molecule has 0 saturated carbocycles. The van der Waals surface area contributed by atoms with Crippen LogP contribution in [0.25, 0.3) is 11.0 Å². The summed E-state index contributed by atoms with van der Waals surface area (Å²) in [6, 6.07) is 15.3. The van der Waals surface area contributed by atoms with Gasteiger partial charge >= 0.3 is 0 Å². The quantitative estimate of drug-likeness (QED) is 0.712. The normalized spacial score (nSPS) is 16.9. The number of amides is 2. The number of nitrogens with zero attached hydrogens (tertiary/aromatic N) is 2. The lowest BCUT2D eigenvalue weighted by Gasteiger charge is -2.16. The first-order valence-electron chi connectivity index (χ1n) is 8.82. The Balaban J connectivity index is 1.33. The van der Waals surface area contributed by atoms with Gasteiger partial charge in [0, 0.05) is 23.9 Å². The van der Waals surface area contributed by atoms with E-state index in [0.717, 1.165) is 16.6 Å². The predicted molar refractivity (Wildman–Crippen MR) is 103 cm³/mol. The molecule has 27 heavy (non-hydrogen) atoms. The third-order valence-corrected chi connectivity index (χ3v) is 5.00. The lowest BCUT2D eigenvalue weighted by atomic mass is 9.99. The van der Waals surface area contributed by atoms with Gasteiger partial charge in [-0.3, -0.25) is 9.59 Å². The summed E-state index contributed by atoms with van der Waals surface area (Å²) in [7, 11) is 0. The molecule has 0 unspecified atom stereocenters. The summed E-state index contributed by atoms with van der Waals surface area (Å²) in [5.74, 6) is 0.607. The van der Waals surface area contributed by atoms with Crippen LogP contribution >= 0.6 is 11.6 Å². The molecule has 0 radical (unpaired) electrons. The van der Waals surface area contributed by atoms with Gasteiger partial charge in [0.15, 0.2) is 0 Å². The highest BCUT2D eigenvalue weighted by Crippen LogP contribution is 2.27. The fourth-order valence-electron chi connectivity index (χ4n) is 3.40. The van der Waals surface area contributed by atoms with Crippen LogP contribution in [-0.4, -0.2) is 39.8 Å². The number of rotatable bonds is 5. The van der Waals surface area contributed by atoms with E-state index in [9.17, 15) is 9.59 Å². The lowest BCUT2D eigenvalue weighted by Crippen LogP contribution is -2.37. The largest absolute Gasteiger partial charge is 0.347 e. The van der Waals surface area contributed by atoms with E-state index in [2.05, 4.69) is 15.3 Å². The van der Waals surface area contributed by atoms with Gasteiger partial charge in [-0.2, -0.15) is 0 Å². The van der Waals surface area contributed by atoms with Crippen molar-refractivity contribution >= 4 is 34.4 Å². The Labute approximate surface area is 161 Å². The number of aromatic amines is 1. The van der Waals surface area contributed by atoms with Crippen LogP contribution < -0.4 is 5.32 Å². The maximum Gasteiger partial charge on any atom is 0.239 e. The van der Waals surface area contributed by atoms with Crippen molar-refractivity contribution in [1.82, 2.24) is 20.2 Å². The van der Waals surface area contributed by atoms with Crippen LogP contribution in [0.3, 0.4) is 0 Å². The second kappa shape index (κ2) is 7.40. The number of halogens is 1. The van der Waals surface area contributed by atoms with Crippen molar-refractivity contribution in [1.29, 1.82) is 0 Å². The maximum atomic E-state index is 12.3. The number of likely N-dealkylation sites (tertiary alicyclic amines) is 1. The third-order valence-electron chi connectivity index (χ3n) is 4.77. The molecular formula is C20H19ClN4O2. The molecule has 2 heterocycles. The van der Waals surface area contributed by atoms with Crippen molar-refractivity contribution in [3.05, 3.63) is 64.9 Å². The summed E-state index contributed by atoms with van der Waals surface area (Å²) in [6.07, 6.45) is 0.446. The molecule has 1 aliphatic rings. The van der Waals surface area contributed by atoms with Gasteiger partial charge in [0.2, 0.25) is 11.8 Å². The molecule has 2 aromatic carbocycles. The first-order valence-corrected chi connectivity index (χ1v) is 9.20. The zero-order valence-corrected chi connectivity index (χ0v) is 15.4. The van der Waals surface area contributed by atoms with Crippen molar-refractivity contribution in [2.24, 2.45) is 0 Å². The molecule has 4 rings (SSSR count). The zero-order valence-electron chi connectivity index (χ0n) is 14.6. The second-order valence-corrected chi connectivity index (χ2v) is 7.14. The van der Waals surface area contributed by atoms with Gasteiger partial charge in [0.1, 0.15) is 5.82 Å². The number of H-pyrrole nitrogens is 1. The van der Waals surface area contributed by atoms with E-state index in [1.807, 2.05) is 36.4 Å². The van der Waals surface area contributed by atoms with Crippen LogP contribution in [0.5, 0.6) is 0 Å². The van der Waals surface area contributed by atoms with Crippen LogP contribution in [-0.2, 0) is 16.1 Å². The number of hydrogen-bond acceptors (Lipinski definition) is 3. The molecule has 7 heteroatoms. The van der Waals surface area contributed by atoms with Gasteiger partial charge in [-0.25, -0.2) is 4.98 Å². The molecule has 0 aliphatic carbocycles. The van der Waals surface area contributed by atoms with Crippen LogP contribution in [0, 0.1) is 0 Å². The predicted octanol–water partition coefficient (Wildman–Crippen LogP) is 2.85. The summed E-state index contributed by atoms with van der Waals surface area (Å²) < 4.78 is 0. The number of hydrogen-bond donors (Lipinski definition) is 2. The Bertz CT molecular complexity index is 986. The summed E-state index contributed by atoms with van der Waals surface area (Å²) >= 11 is 5.97. The number of carbonyl (C=O) groups is 2. The standard InChI is InChI=1S/C20H19ClN4O2/c21-15-6-7-16-17(9-15)24-18(23-16)10-22-19(26)12-25-11-14(8-20(25)27)13-4-2-1-3-5-13/h1-7,9,14H,8,10-12H2,(H,22,26)(H,23,24)/t14-/m1/s1. The molecule has 1 fully saturated rings. The molecular weight excluding hydrogens is 364 g/mol. The Morgan fingerprint density at radius 2 is 2.07 bits per heavy atom. The number of benzene rings is 2. The molecule has 1 aliphatic heterocycles. The molecule has 0 bridgehead atoms. The summed E-state index contributed by atoms with van der Waals surface area (Å²) in [4.78, 5) is 33.7.